The van der Waals surface area contributed by atoms with Crippen LogP contribution < -0.4 is 10.1 Å². The number of carbonyl (C=O) groups is 1. The van der Waals surface area contributed by atoms with Gasteiger partial charge in [-0.3, -0.25) is 0 Å². The lowest BCUT2D eigenvalue weighted by Crippen LogP contribution is -2.27. The number of hydrogen-bond donors (Lipinski definition) is 1. The summed E-state index contributed by atoms with van der Waals surface area (Å²) in [5.41, 5.74) is 1.66. The molecule has 0 aliphatic rings. The maximum absolute atomic E-state index is 11.5. The van der Waals surface area contributed by atoms with E-state index in [1.54, 1.807) is 18.0 Å². The molecule has 7 nitrogen and oxygen atoms in total. The second-order valence-corrected chi connectivity index (χ2v) is 5.61. The van der Waals surface area contributed by atoms with Crippen molar-refractivity contribution in [2.75, 3.05) is 13.7 Å². The third kappa shape index (κ3) is 5.61. The first-order valence-electron chi connectivity index (χ1n) is 7.49. The second-order valence-electron chi connectivity index (χ2n) is 5.61. The minimum Gasteiger partial charge on any atom is -0.497 e. The number of alkyl carbamates (subject to hydrolysis) is 1. The Morgan fingerprint density at radius 1 is 1.39 bits per heavy atom. The molecule has 124 valence electrons. The van der Waals surface area contributed by atoms with E-state index in [0.29, 0.717) is 24.7 Å². The highest BCUT2D eigenvalue weighted by atomic mass is 16.5. The molecule has 0 spiro atoms. The number of nitrogens with zero attached hydrogens (tertiary/aromatic N) is 3. The highest BCUT2D eigenvalue weighted by molar-refractivity contribution is 5.67. The van der Waals surface area contributed by atoms with E-state index in [1.165, 1.54) is 0 Å². The van der Waals surface area contributed by atoms with Gasteiger partial charge in [-0.2, -0.15) is 0 Å². The monoisotopic (exact) mass is 318 g/mol. The average Bonchev–Trinajstić information content (AvgIpc) is 2.98. The molecule has 23 heavy (non-hydrogen) atoms. The minimum atomic E-state index is -0.443. The molecular weight excluding hydrogens is 296 g/mol. The number of rotatable bonds is 7. The van der Waals surface area contributed by atoms with Crippen molar-refractivity contribution in [2.24, 2.45) is 5.92 Å². The molecule has 0 unspecified atom stereocenters. The number of amides is 1. The van der Waals surface area contributed by atoms with Crippen molar-refractivity contribution >= 4 is 6.09 Å². The Labute approximate surface area is 135 Å². The summed E-state index contributed by atoms with van der Waals surface area (Å²) < 4.78 is 12.0. The summed E-state index contributed by atoms with van der Waals surface area (Å²) in [4.78, 5) is 11.5. The van der Waals surface area contributed by atoms with Crippen molar-refractivity contribution in [1.29, 1.82) is 0 Å². The van der Waals surface area contributed by atoms with E-state index >= 15 is 0 Å². The smallest absolute Gasteiger partial charge is 0.407 e. The summed E-state index contributed by atoms with van der Waals surface area (Å²) in [5.74, 6) is 1.18. The molecule has 2 aromatic rings. The molecule has 1 aromatic heterocycles. The first-order valence-corrected chi connectivity index (χ1v) is 7.49. The summed E-state index contributed by atoms with van der Waals surface area (Å²) >= 11 is 0. The number of benzene rings is 1. The lowest BCUT2D eigenvalue weighted by molar-refractivity contribution is 0.137. The molecule has 1 heterocycles. The Bertz CT molecular complexity index is 640. The van der Waals surface area contributed by atoms with Crippen LogP contribution in [0.25, 0.3) is 0 Å². The van der Waals surface area contributed by atoms with Gasteiger partial charge in [0.25, 0.3) is 0 Å². The van der Waals surface area contributed by atoms with Crippen LogP contribution in [0, 0.1) is 5.92 Å². The van der Waals surface area contributed by atoms with Crippen molar-refractivity contribution in [3.05, 3.63) is 41.7 Å². The zero-order chi connectivity index (χ0) is 16.7. The quantitative estimate of drug-likeness (QED) is 0.847. The molecule has 0 radical (unpaired) electrons. The molecule has 1 N–H and O–H groups in total. The highest BCUT2D eigenvalue weighted by Gasteiger charge is 2.07. The van der Waals surface area contributed by atoms with Crippen LogP contribution in [-0.4, -0.2) is 34.7 Å². The van der Waals surface area contributed by atoms with E-state index in [9.17, 15) is 4.79 Å². The Morgan fingerprint density at radius 3 is 2.96 bits per heavy atom. The Balaban J connectivity index is 1.84. The van der Waals surface area contributed by atoms with Crippen LogP contribution in [0.2, 0.25) is 0 Å². The number of ether oxygens (including phenoxy) is 2. The highest BCUT2D eigenvalue weighted by Crippen LogP contribution is 2.13. The summed E-state index contributed by atoms with van der Waals surface area (Å²) in [6.45, 7) is 5.29. The fourth-order valence-electron chi connectivity index (χ4n) is 1.92. The summed E-state index contributed by atoms with van der Waals surface area (Å²) in [6, 6.07) is 7.74. The van der Waals surface area contributed by atoms with E-state index in [2.05, 4.69) is 15.6 Å². The van der Waals surface area contributed by atoms with Gasteiger partial charge in [-0.05, 0) is 23.6 Å². The fourth-order valence-corrected chi connectivity index (χ4v) is 1.92. The van der Waals surface area contributed by atoms with Gasteiger partial charge in [-0.25, -0.2) is 9.48 Å². The molecule has 2 rings (SSSR count). The van der Waals surface area contributed by atoms with Crippen LogP contribution in [-0.2, 0) is 17.9 Å². The van der Waals surface area contributed by atoms with Crippen LogP contribution in [0.3, 0.4) is 0 Å². The maximum atomic E-state index is 11.5. The third-order valence-electron chi connectivity index (χ3n) is 3.07. The Morgan fingerprint density at radius 2 is 2.22 bits per heavy atom. The first-order chi connectivity index (χ1) is 11.1. The third-order valence-corrected chi connectivity index (χ3v) is 3.07. The number of hydrogen-bond acceptors (Lipinski definition) is 5. The van der Waals surface area contributed by atoms with Gasteiger partial charge in [0.1, 0.15) is 18.1 Å². The van der Waals surface area contributed by atoms with Crippen molar-refractivity contribution in [3.63, 3.8) is 0 Å². The van der Waals surface area contributed by atoms with Crippen LogP contribution in [0.15, 0.2) is 30.5 Å². The van der Waals surface area contributed by atoms with E-state index in [1.807, 2.05) is 38.1 Å². The van der Waals surface area contributed by atoms with Gasteiger partial charge in [0, 0.05) is 6.54 Å². The average molecular weight is 318 g/mol. The maximum Gasteiger partial charge on any atom is 0.407 e. The molecule has 0 fully saturated rings. The molecule has 1 aromatic carbocycles. The van der Waals surface area contributed by atoms with Crippen LogP contribution in [0.4, 0.5) is 4.79 Å². The SMILES string of the molecule is COc1cccc(Cn2cc(COC(=O)NCC(C)C)nn2)c1. The van der Waals surface area contributed by atoms with Crippen LogP contribution in [0.5, 0.6) is 5.75 Å². The molecule has 1 amide bonds. The lowest BCUT2D eigenvalue weighted by atomic mass is 10.2. The number of nitrogens with one attached hydrogen (secondary N) is 1. The van der Waals surface area contributed by atoms with Crippen molar-refractivity contribution < 1.29 is 14.3 Å². The van der Waals surface area contributed by atoms with Gasteiger partial charge in [0.15, 0.2) is 0 Å². The van der Waals surface area contributed by atoms with Gasteiger partial charge in [-0.1, -0.05) is 31.2 Å². The van der Waals surface area contributed by atoms with E-state index in [4.69, 9.17) is 9.47 Å². The number of aromatic nitrogens is 3. The molecule has 0 bridgehead atoms. The van der Waals surface area contributed by atoms with Crippen molar-refractivity contribution in [3.8, 4) is 5.75 Å². The molecular formula is C16H22N4O3. The minimum absolute atomic E-state index is 0.0992. The summed E-state index contributed by atoms with van der Waals surface area (Å²) in [5, 5.41) is 10.7. The molecule has 0 saturated carbocycles. The van der Waals surface area contributed by atoms with Crippen molar-refractivity contribution in [2.45, 2.75) is 27.0 Å². The topological polar surface area (TPSA) is 78.3 Å². The predicted octanol–water partition coefficient (Wildman–Crippen LogP) is 2.22. The normalized spacial score (nSPS) is 10.6. The Kier molecular flexibility index (Phi) is 5.96. The molecule has 7 heteroatoms. The van der Waals surface area contributed by atoms with Gasteiger partial charge in [0.05, 0.1) is 19.9 Å². The predicted molar refractivity (Wildman–Crippen MR) is 85.1 cm³/mol. The van der Waals surface area contributed by atoms with Crippen LogP contribution in [0.1, 0.15) is 25.1 Å². The molecule has 0 aliphatic carbocycles. The second kappa shape index (κ2) is 8.17. The lowest BCUT2D eigenvalue weighted by Gasteiger charge is -2.07. The molecule has 0 atom stereocenters. The van der Waals surface area contributed by atoms with E-state index in [0.717, 1.165) is 11.3 Å². The van der Waals surface area contributed by atoms with E-state index < -0.39 is 6.09 Å². The first kappa shape index (κ1) is 16.8. The largest absolute Gasteiger partial charge is 0.497 e. The van der Waals surface area contributed by atoms with Gasteiger partial charge >= 0.3 is 6.09 Å². The van der Waals surface area contributed by atoms with Gasteiger partial charge in [-0.15, -0.1) is 5.10 Å². The van der Waals surface area contributed by atoms with Crippen LogP contribution >= 0.6 is 0 Å². The zero-order valence-electron chi connectivity index (χ0n) is 13.7. The molecule has 0 aliphatic heterocycles. The molecule has 0 saturated heterocycles. The number of carbonyl (C=O) groups excluding carboxylic acids is 1. The number of methoxy groups -OCH3 is 1. The van der Waals surface area contributed by atoms with E-state index in [-0.39, 0.29) is 6.61 Å². The van der Waals surface area contributed by atoms with Crippen molar-refractivity contribution in [1.82, 2.24) is 20.3 Å². The standard InChI is InChI=1S/C16H22N4O3/c1-12(2)8-17-16(21)23-11-14-10-20(19-18-14)9-13-5-4-6-15(7-13)22-3/h4-7,10,12H,8-9,11H2,1-3H3,(H,17,21). The summed E-state index contributed by atoms with van der Waals surface area (Å²) in [6.07, 6.45) is 1.32. The summed E-state index contributed by atoms with van der Waals surface area (Å²) in [7, 11) is 1.63. The van der Waals surface area contributed by atoms with Gasteiger partial charge < -0.3 is 14.8 Å². The fraction of sp³-hybridized carbons (Fsp3) is 0.438. The zero-order valence-corrected chi connectivity index (χ0v) is 13.7. The van der Waals surface area contributed by atoms with Gasteiger partial charge in [0.2, 0.25) is 0 Å². The Hall–Kier alpha value is -2.57.